The maximum atomic E-state index is 12.4. The molecule has 2 rings (SSSR count). The molecule has 0 saturated carbocycles. The SMILES string of the molecule is COCc1ccc(C(=O)N(C)CC(=O)Nc2ccc(Br)cc2C)cc1. The van der Waals surface area contributed by atoms with Crippen molar-refractivity contribution >= 4 is 33.4 Å². The monoisotopic (exact) mass is 404 g/mol. The molecule has 0 spiro atoms. The van der Waals surface area contributed by atoms with Crippen molar-refractivity contribution in [3.8, 4) is 0 Å². The summed E-state index contributed by atoms with van der Waals surface area (Å²) in [5, 5.41) is 2.83. The molecule has 0 radical (unpaired) electrons. The van der Waals surface area contributed by atoms with Gasteiger partial charge in [0.2, 0.25) is 5.91 Å². The molecule has 2 aromatic carbocycles. The van der Waals surface area contributed by atoms with E-state index in [2.05, 4.69) is 21.2 Å². The highest BCUT2D eigenvalue weighted by Crippen LogP contribution is 2.20. The van der Waals surface area contributed by atoms with Gasteiger partial charge in [0, 0.05) is 29.9 Å². The third-order valence-corrected chi connectivity index (χ3v) is 4.20. The van der Waals surface area contributed by atoms with Crippen LogP contribution in [0.5, 0.6) is 0 Å². The largest absolute Gasteiger partial charge is 0.380 e. The van der Waals surface area contributed by atoms with Crippen LogP contribution in [-0.2, 0) is 16.1 Å². The Balaban J connectivity index is 1.96. The predicted molar refractivity (Wildman–Crippen MR) is 102 cm³/mol. The number of amides is 2. The molecule has 0 fully saturated rings. The molecule has 0 unspecified atom stereocenters. The highest BCUT2D eigenvalue weighted by Gasteiger charge is 2.15. The summed E-state index contributed by atoms with van der Waals surface area (Å²) in [7, 11) is 3.23. The molecule has 2 amide bonds. The third kappa shape index (κ3) is 5.41. The predicted octanol–water partition coefficient (Wildman–Crippen LogP) is 3.61. The fourth-order valence-corrected chi connectivity index (χ4v) is 2.85. The van der Waals surface area contributed by atoms with Gasteiger partial charge >= 0.3 is 0 Å². The summed E-state index contributed by atoms with van der Waals surface area (Å²) in [6, 6.07) is 12.8. The molecule has 2 aromatic rings. The van der Waals surface area contributed by atoms with Gasteiger partial charge in [-0.25, -0.2) is 0 Å². The lowest BCUT2D eigenvalue weighted by molar-refractivity contribution is -0.116. The minimum atomic E-state index is -0.239. The van der Waals surface area contributed by atoms with Gasteiger partial charge in [0.15, 0.2) is 0 Å². The second kappa shape index (κ2) is 8.78. The Labute approximate surface area is 156 Å². The maximum absolute atomic E-state index is 12.4. The van der Waals surface area contributed by atoms with Crippen LogP contribution in [0.2, 0.25) is 0 Å². The van der Waals surface area contributed by atoms with Gasteiger partial charge in [-0.3, -0.25) is 9.59 Å². The smallest absolute Gasteiger partial charge is 0.254 e. The van der Waals surface area contributed by atoms with E-state index in [1.54, 1.807) is 26.3 Å². The Morgan fingerprint density at radius 1 is 1.16 bits per heavy atom. The van der Waals surface area contributed by atoms with Crippen molar-refractivity contribution in [2.45, 2.75) is 13.5 Å². The second-order valence-electron chi connectivity index (χ2n) is 5.80. The van der Waals surface area contributed by atoms with Crippen LogP contribution in [0.1, 0.15) is 21.5 Å². The Kier molecular flexibility index (Phi) is 6.73. The first-order chi connectivity index (χ1) is 11.9. The lowest BCUT2D eigenvalue weighted by Crippen LogP contribution is -2.35. The summed E-state index contributed by atoms with van der Waals surface area (Å²) in [6.45, 7) is 2.39. The van der Waals surface area contributed by atoms with Crippen molar-refractivity contribution < 1.29 is 14.3 Å². The number of nitrogens with zero attached hydrogens (tertiary/aromatic N) is 1. The molecular formula is C19H21BrN2O3. The number of rotatable bonds is 6. The Morgan fingerprint density at radius 3 is 2.44 bits per heavy atom. The highest BCUT2D eigenvalue weighted by molar-refractivity contribution is 9.10. The number of carbonyl (C=O) groups excluding carboxylic acids is 2. The third-order valence-electron chi connectivity index (χ3n) is 3.70. The number of halogens is 1. The number of methoxy groups -OCH3 is 1. The van der Waals surface area contributed by atoms with E-state index in [-0.39, 0.29) is 18.4 Å². The number of nitrogens with one attached hydrogen (secondary N) is 1. The van der Waals surface area contributed by atoms with Crippen molar-refractivity contribution in [3.05, 3.63) is 63.6 Å². The molecule has 132 valence electrons. The highest BCUT2D eigenvalue weighted by atomic mass is 79.9. The molecule has 0 heterocycles. The number of hydrogen-bond acceptors (Lipinski definition) is 3. The van der Waals surface area contributed by atoms with Crippen LogP contribution in [0.4, 0.5) is 5.69 Å². The molecular weight excluding hydrogens is 384 g/mol. The van der Waals surface area contributed by atoms with Gasteiger partial charge in [0.1, 0.15) is 0 Å². The fourth-order valence-electron chi connectivity index (χ4n) is 2.37. The molecule has 0 atom stereocenters. The molecule has 0 aliphatic heterocycles. The molecule has 6 heteroatoms. The number of hydrogen-bond donors (Lipinski definition) is 1. The van der Waals surface area contributed by atoms with Gasteiger partial charge in [0.25, 0.3) is 5.91 Å². The molecule has 0 aromatic heterocycles. The molecule has 1 N–H and O–H groups in total. The minimum absolute atomic E-state index is 0.0197. The minimum Gasteiger partial charge on any atom is -0.380 e. The second-order valence-corrected chi connectivity index (χ2v) is 6.71. The first-order valence-electron chi connectivity index (χ1n) is 7.80. The van der Waals surface area contributed by atoms with E-state index in [9.17, 15) is 9.59 Å². The number of likely N-dealkylation sites (N-methyl/N-ethyl adjacent to an activating group) is 1. The van der Waals surface area contributed by atoms with Gasteiger partial charge in [0.05, 0.1) is 13.2 Å². The fraction of sp³-hybridized carbons (Fsp3) is 0.263. The van der Waals surface area contributed by atoms with Gasteiger partial charge in [-0.05, 0) is 48.4 Å². The quantitative estimate of drug-likeness (QED) is 0.799. The lowest BCUT2D eigenvalue weighted by atomic mass is 10.1. The van der Waals surface area contributed by atoms with Crippen LogP contribution in [0, 0.1) is 6.92 Å². The van der Waals surface area contributed by atoms with Crippen LogP contribution in [0.3, 0.4) is 0 Å². The summed E-state index contributed by atoms with van der Waals surface area (Å²) in [5.74, 6) is -0.441. The van der Waals surface area contributed by atoms with Crippen molar-refractivity contribution in [3.63, 3.8) is 0 Å². The normalized spacial score (nSPS) is 10.4. The Morgan fingerprint density at radius 2 is 1.84 bits per heavy atom. The van der Waals surface area contributed by atoms with Crippen molar-refractivity contribution in [1.29, 1.82) is 0 Å². The van der Waals surface area contributed by atoms with Crippen LogP contribution >= 0.6 is 15.9 Å². The summed E-state index contributed by atoms with van der Waals surface area (Å²) in [4.78, 5) is 26.0. The molecule has 5 nitrogen and oxygen atoms in total. The number of anilines is 1. The van der Waals surface area contributed by atoms with Gasteiger partial charge < -0.3 is 15.0 Å². The average Bonchev–Trinajstić information content (AvgIpc) is 2.57. The average molecular weight is 405 g/mol. The first-order valence-corrected chi connectivity index (χ1v) is 8.59. The summed E-state index contributed by atoms with van der Waals surface area (Å²) < 4.78 is 6.00. The Bertz CT molecular complexity index is 760. The molecule has 25 heavy (non-hydrogen) atoms. The van der Waals surface area contributed by atoms with Crippen molar-refractivity contribution in [1.82, 2.24) is 4.90 Å². The van der Waals surface area contributed by atoms with E-state index < -0.39 is 0 Å². The van der Waals surface area contributed by atoms with Crippen LogP contribution in [-0.4, -0.2) is 37.4 Å². The number of benzene rings is 2. The van der Waals surface area contributed by atoms with Gasteiger partial charge in [-0.15, -0.1) is 0 Å². The standard InChI is InChI=1S/C19H21BrN2O3/c1-13-10-16(20)8-9-17(13)21-18(23)11-22(2)19(24)15-6-4-14(5-7-15)12-25-3/h4-10H,11-12H2,1-3H3,(H,21,23). The molecule has 0 bridgehead atoms. The zero-order valence-corrected chi connectivity index (χ0v) is 16.1. The van der Waals surface area contributed by atoms with Gasteiger partial charge in [-0.2, -0.15) is 0 Å². The zero-order valence-electron chi connectivity index (χ0n) is 14.5. The van der Waals surface area contributed by atoms with E-state index in [0.29, 0.717) is 12.2 Å². The molecule has 0 aliphatic carbocycles. The summed E-state index contributed by atoms with van der Waals surface area (Å²) >= 11 is 3.39. The van der Waals surface area contributed by atoms with Crippen LogP contribution in [0.25, 0.3) is 0 Å². The molecule has 0 saturated heterocycles. The van der Waals surface area contributed by atoms with E-state index in [1.807, 2.05) is 37.3 Å². The van der Waals surface area contributed by atoms with Crippen LogP contribution < -0.4 is 5.32 Å². The summed E-state index contributed by atoms with van der Waals surface area (Å²) in [6.07, 6.45) is 0. The lowest BCUT2D eigenvalue weighted by Gasteiger charge is -2.17. The van der Waals surface area contributed by atoms with Crippen molar-refractivity contribution in [2.75, 3.05) is 26.0 Å². The van der Waals surface area contributed by atoms with E-state index in [0.717, 1.165) is 21.3 Å². The Hall–Kier alpha value is -2.18. The van der Waals surface area contributed by atoms with E-state index in [1.165, 1.54) is 4.90 Å². The van der Waals surface area contributed by atoms with Gasteiger partial charge in [-0.1, -0.05) is 28.1 Å². The van der Waals surface area contributed by atoms with E-state index >= 15 is 0 Å². The zero-order chi connectivity index (χ0) is 18.4. The maximum Gasteiger partial charge on any atom is 0.254 e. The molecule has 0 aliphatic rings. The first kappa shape index (κ1) is 19.1. The van der Waals surface area contributed by atoms with Crippen LogP contribution in [0.15, 0.2) is 46.9 Å². The topological polar surface area (TPSA) is 58.6 Å². The number of carbonyl (C=O) groups is 2. The summed E-state index contributed by atoms with van der Waals surface area (Å²) in [5.41, 5.74) is 3.21. The van der Waals surface area contributed by atoms with Crippen molar-refractivity contribution in [2.24, 2.45) is 0 Å². The van der Waals surface area contributed by atoms with E-state index in [4.69, 9.17) is 4.74 Å². The number of ether oxygens (including phenoxy) is 1. The number of aryl methyl sites for hydroxylation is 1.